The molecule has 2 amide bonds. The number of carbonyl (C=O) groups excluding carboxylic acids is 2. The first kappa shape index (κ1) is 25.1. The zero-order valence-corrected chi connectivity index (χ0v) is 20.8. The Bertz CT molecular complexity index is 1280. The quantitative estimate of drug-likeness (QED) is 0.366. The van der Waals surface area contributed by atoms with Crippen molar-refractivity contribution in [2.45, 2.75) is 26.5 Å². The molecule has 36 heavy (non-hydrogen) atoms. The lowest BCUT2D eigenvalue weighted by molar-refractivity contribution is -0.138. The van der Waals surface area contributed by atoms with Crippen molar-refractivity contribution in [1.29, 1.82) is 0 Å². The average Bonchev–Trinajstić information content (AvgIpc) is 2.89. The van der Waals surface area contributed by atoms with Crippen LogP contribution in [0, 0.1) is 0 Å². The maximum Gasteiger partial charge on any atom is 0.338 e. The van der Waals surface area contributed by atoms with Gasteiger partial charge < -0.3 is 24.8 Å². The number of carbonyl (C=O) groups is 2. The molecule has 7 nitrogen and oxygen atoms in total. The van der Waals surface area contributed by atoms with Gasteiger partial charge in [-0.05, 0) is 43.2 Å². The summed E-state index contributed by atoms with van der Waals surface area (Å²) in [6.07, 6.45) is 0. The van der Waals surface area contributed by atoms with Crippen molar-refractivity contribution < 1.29 is 23.8 Å². The third kappa shape index (κ3) is 5.63. The predicted molar refractivity (Wildman–Crippen MR) is 138 cm³/mol. The van der Waals surface area contributed by atoms with Gasteiger partial charge in [0.05, 0.1) is 30.5 Å². The topological polar surface area (TPSA) is 85.9 Å². The lowest BCUT2D eigenvalue weighted by Crippen LogP contribution is -2.45. The second-order valence-corrected chi connectivity index (χ2v) is 8.33. The minimum absolute atomic E-state index is 0.199. The molecule has 1 heterocycles. The summed E-state index contributed by atoms with van der Waals surface area (Å²) in [5, 5.41) is 6.24. The number of esters is 1. The summed E-state index contributed by atoms with van der Waals surface area (Å²) in [7, 11) is 0. The molecule has 186 valence electrons. The molecule has 0 spiro atoms. The van der Waals surface area contributed by atoms with E-state index in [2.05, 4.69) is 10.6 Å². The predicted octanol–water partition coefficient (Wildman–Crippen LogP) is 5.65. The highest BCUT2D eigenvalue weighted by molar-refractivity contribution is 6.31. The number of hydrogen-bond acceptors (Lipinski definition) is 5. The van der Waals surface area contributed by atoms with Crippen LogP contribution in [-0.2, 0) is 16.1 Å². The Morgan fingerprint density at radius 2 is 1.67 bits per heavy atom. The zero-order valence-electron chi connectivity index (χ0n) is 20.0. The minimum Gasteiger partial charge on any atom is -0.490 e. The van der Waals surface area contributed by atoms with Crippen LogP contribution in [0.15, 0.2) is 78.4 Å². The number of nitrogens with one attached hydrogen (secondary N) is 2. The van der Waals surface area contributed by atoms with E-state index in [1.807, 2.05) is 55.5 Å². The summed E-state index contributed by atoms with van der Waals surface area (Å²) in [6, 6.07) is 20.8. The molecule has 1 aliphatic heterocycles. The second kappa shape index (κ2) is 11.6. The number of amides is 2. The van der Waals surface area contributed by atoms with Crippen molar-refractivity contribution in [2.24, 2.45) is 0 Å². The summed E-state index contributed by atoms with van der Waals surface area (Å²) >= 11 is 6.26. The van der Waals surface area contributed by atoms with Crippen molar-refractivity contribution in [2.75, 3.05) is 13.2 Å². The van der Waals surface area contributed by atoms with Gasteiger partial charge in [0.25, 0.3) is 0 Å². The van der Waals surface area contributed by atoms with Crippen LogP contribution in [0.1, 0.15) is 36.6 Å². The fourth-order valence-corrected chi connectivity index (χ4v) is 4.13. The molecule has 3 aromatic carbocycles. The molecule has 8 heteroatoms. The number of rotatable bonds is 9. The maximum atomic E-state index is 13.1. The Morgan fingerprint density at radius 3 is 2.39 bits per heavy atom. The number of benzene rings is 3. The van der Waals surface area contributed by atoms with E-state index in [9.17, 15) is 9.59 Å². The van der Waals surface area contributed by atoms with Gasteiger partial charge in [-0.15, -0.1) is 0 Å². The van der Waals surface area contributed by atoms with Crippen molar-refractivity contribution in [3.8, 4) is 11.5 Å². The molecule has 0 unspecified atom stereocenters. The highest BCUT2D eigenvalue weighted by Gasteiger charge is 2.34. The number of halogens is 1. The first-order valence-electron chi connectivity index (χ1n) is 11.7. The van der Waals surface area contributed by atoms with Gasteiger partial charge in [-0.2, -0.15) is 0 Å². The van der Waals surface area contributed by atoms with Gasteiger partial charge in [0.15, 0.2) is 11.5 Å². The summed E-state index contributed by atoms with van der Waals surface area (Å²) < 4.78 is 17.2. The van der Waals surface area contributed by atoms with Crippen LogP contribution in [0.5, 0.6) is 11.5 Å². The van der Waals surface area contributed by atoms with Gasteiger partial charge in [-0.1, -0.05) is 66.2 Å². The highest BCUT2D eigenvalue weighted by atomic mass is 35.5. The third-order valence-electron chi connectivity index (χ3n) is 5.57. The highest BCUT2D eigenvalue weighted by Crippen LogP contribution is 2.37. The van der Waals surface area contributed by atoms with E-state index in [1.54, 1.807) is 31.2 Å². The van der Waals surface area contributed by atoms with Crippen LogP contribution < -0.4 is 20.1 Å². The van der Waals surface area contributed by atoms with E-state index < -0.39 is 18.0 Å². The Labute approximate surface area is 215 Å². The molecule has 0 aliphatic carbocycles. The van der Waals surface area contributed by atoms with Crippen molar-refractivity contribution >= 4 is 29.3 Å². The number of hydrogen-bond donors (Lipinski definition) is 2. The van der Waals surface area contributed by atoms with Crippen LogP contribution in [0.2, 0.25) is 5.02 Å². The van der Waals surface area contributed by atoms with E-state index in [1.165, 1.54) is 0 Å². The Hall–Kier alpha value is -3.97. The lowest BCUT2D eigenvalue weighted by atomic mass is 9.92. The van der Waals surface area contributed by atoms with Gasteiger partial charge in [0.2, 0.25) is 0 Å². The lowest BCUT2D eigenvalue weighted by Gasteiger charge is -2.30. The summed E-state index contributed by atoms with van der Waals surface area (Å²) in [6.45, 7) is 4.47. The Morgan fingerprint density at radius 1 is 0.917 bits per heavy atom. The monoisotopic (exact) mass is 506 g/mol. The van der Waals surface area contributed by atoms with Crippen LogP contribution in [0.25, 0.3) is 5.70 Å². The summed E-state index contributed by atoms with van der Waals surface area (Å²) in [4.78, 5) is 25.7. The van der Waals surface area contributed by atoms with Gasteiger partial charge in [-0.3, -0.25) is 0 Å². The maximum absolute atomic E-state index is 13.1. The van der Waals surface area contributed by atoms with Crippen molar-refractivity contribution in [3.05, 3.63) is 100 Å². The van der Waals surface area contributed by atoms with Gasteiger partial charge in [0.1, 0.15) is 6.61 Å². The Balaban J connectivity index is 1.73. The average molecular weight is 507 g/mol. The fraction of sp³-hybridized carbons (Fsp3) is 0.214. The SMILES string of the molecule is CCOC(=O)C1=C(c2ccccc2)NC(=O)N[C@H]1c1ccc(OCc2ccccc2Cl)c(OCC)c1. The van der Waals surface area contributed by atoms with E-state index >= 15 is 0 Å². The second-order valence-electron chi connectivity index (χ2n) is 7.93. The van der Waals surface area contributed by atoms with Gasteiger partial charge >= 0.3 is 12.0 Å². The van der Waals surface area contributed by atoms with Crippen LogP contribution in [-0.4, -0.2) is 25.2 Å². The zero-order chi connectivity index (χ0) is 25.5. The molecule has 0 bridgehead atoms. The summed E-state index contributed by atoms with van der Waals surface area (Å²) in [5.41, 5.74) is 2.89. The normalized spacial score (nSPS) is 15.1. The third-order valence-corrected chi connectivity index (χ3v) is 5.94. The standard InChI is InChI=1S/C28H27ClN2O5/c1-3-34-23-16-19(14-15-22(23)36-17-20-12-8-9-13-21(20)29)26-24(27(32)35-4-2)25(30-28(33)31-26)18-10-6-5-7-11-18/h5-16,26H,3-4,17H2,1-2H3,(H2,30,31,33)/t26-/m0/s1. The van der Waals surface area contributed by atoms with E-state index in [0.717, 1.165) is 5.56 Å². The molecule has 2 N–H and O–H groups in total. The molecule has 3 aromatic rings. The first-order valence-corrected chi connectivity index (χ1v) is 12.1. The first-order chi connectivity index (χ1) is 17.5. The fourth-order valence-electron chi connectivity index (χ4n) is 3.94. The number of ether oxygens (including phenoxy) is 3. The molecule has 0 radical (unpaired) electrons. The Kier molecular flexibility index (Phi) is 8.13. The van der Waals surface area contributed by atoms with Crippen molar-refractivity contribution in [3.63, 3.8) is 0 Å². The van der Waals surface area contributed by atoms with Gasteiger partial charge in [-0.25, -0.2) is 9.59 Å². The molecule has 0 saturated carbocycles. The largest absolute Gasteiger partial charge is 0.490 e. The molecular weight excluding hydrogens is 480 g/mol. The van der Waals surface area contributed by atoms with Crippen LogP contribution in [0.4, 0.5) is 4.79 Å². The molecule has 0 aromatic heterocycles. The molecule has 1 atom stereocenters. The summed E-state index contributed by atoms with van der Waals surface area (Å²) in [5.74, 6) is 0.482. The molecular formula is C28H27ClN2O5. The molecule has 0 saturated heterocycles. The van der Waals surface area contributed by atoms with Crippen molar-refractivity contribution in [1.82, 2.24) is 10.6 Å². The van der Waals surface area contributed by atoms with E-state index in [0.29, 0.717) is 45.5 Å². The molecule has 0 fully saturated rings. The molecule has 4 rings (SSSR count). The number of urea groups is 1. The van der Waals surface area contributed by atoms with Crippen LogP contribution >= 0.6 is 11.6 Å². The van der Waals surface area contributed by atoms with Crippen LogP contribution in [0.3, 0.4) is 0 Å². The molecule has 1 aliphatic rings. The van der Waals surface area contributed by atoms with E-state index in [-0.39, 0.29) is 13.2 Å². The minimum atomic E-state index is -0.759. The van der Waals surface area contributed by atoms with Gasteiger partial charge in [0, 0.05) is 10.6 Å². The van der Waals surface area contributed by atoms with E-state index in [4.69, 9.17) is 25.8 Å². The smallest absolute Gasteiger partial charge is 0.338 e.